The number of hydrogen-bond acceptors (Lipinski definition) is 2. The predicted octanol–water partition coefficient (Wildman–Crippen LogP) is 16.1. The van der Waals surface area contributed by atoms with Crippen molar-refractivity contribution in [2.75, 3.05) is 4.90 Å². The monoisotopic (exact) mass is 767 g/mol. The number of fused-ring (bicyclic) bond motifs is 12. The van der Waals surface area contributed by atoms with Crippen molar-refractivity contribution in [3.05, 3.63) is 198 Å². The molecular weight excluding hydrogens is 727 g/mol. The second-order valence-corrected chi connectivity index (χ2v) is 18.0. The number of rotatable bonds is 4. The van der Waals surface area contributed by atoms with E-state index in [1.807, 2.05) is 0 Å². The van der Waals surface area contributed by atoms with Crippen LogP contribution in [0.3, 0.4) is 0 Å². The summed E-state index contributed by atoms with van der Waals surface area (Å²) in [6.07, 6.45) is 0. The second-order valence-electron chi connectivity index (χ2n) is 18.0. The Morgan fingerprint density at radius 2 is 0.850 bits per heavy atom. The maximum atomic E-state index is 7.35. The van der Waals surface area contributed by atoms with Crippen molar-refractivity contribution >= 4 is 49.8 Å². The van der Waals surface area contributed by atoms with Gasteiger partial charge in [-0.05, 0) is 102 Å². The molecule has 60 heavy (non-hydrogen) atoms. The summed E-state index contributed by atoms with van der Waals surface area (Å²) >= 11 is 0. The van der Waals surface area contributed by atoms with Crippen molar-refractivity contribution in [3.8, 4) is 55.6 Å². The summed E-state index contributed by atoms with van der Waals surface area (Å²) in [6.45, 7) is 9.46. The fourth-order valence-corrected chi connectivity index (χ4v) is 11.4. The first-order chi connectivity index (χ1) is 29.3. The second kappa shape index (κ2) is 11.7. The van der Waals surface area contributed by atoms with Crippen LogP contribution in [-0.2, 0) is 10.8 Å². The van der Waals surface area contributed by atoms with Crippen LogP contribution in [0.25, 0.3) is 88.3 Å². The molecule has 0 bridgehead atoms. The zero-order valence-electron chi connectivity index (χ0n) is 34.1. The lowest BCUT2D eigenvalue weighted by Gasteiger charge is -2.30. The molecule has 0 unspecified atom stereocenters. The Balaban J connectivity index is 1.07. The molecule has 0 amide bonds. The number of furan rings is 1. The number of benzene rings is 9. The van der Waals surface area contributed by atoms with Crippen LogP contribution in [0.4, 0.5) is 17.1 Å². The van der Waals surface area contributed by atoms with Crippen LogP contribution in [0.15, 0.2) is 180 Å². The Hall–Kier alpha value is -7.16. The highest BCUT2D eigenvalue weighted by Gasteiger charge is 2.40. The summed E-state index contributed by atoms with van der Waals surface area (Å²) < 4.78 is 7.35. The quantitative estimate of drug-likeness (QED) is 0.177. The van der Waals surface area contributed by atoms with Gasteiger partial charge in [0.25, 0.3) is 0 Å². The zero-order valence-corrected chi connectivity index (χ0v) is 34.1. The van der Waals surface area contributed by atoms with Gasteiger partial charge < -0.3 is 9.32 Å². The maximum absolute atomic E-state index is 7.35. The molecule has 3 aliphatic carbocycles. The highest BCUT2D eigenvalue weighted by Crippen LogP contribution is 2.57. The van der Waals surface area contributed by atoms with Gasteiger partial charge in [-0.2, -0.15) is 0 Å². The highest BCUT2D eigenvalue weighted by atomic mass is 16.3. The van der Waals surface area contributed by atoms with Crippen LogP contribution in [0, 0.1) is 0 Å². The van der Waals surface area contributed by atoms with E-state index in [9.17, 15) is 0 Å². The third-order valence-corrected chi connectivity index (χ3v) is 14.2. The summed E-state index contributed by atoms with van der Waals surface area (Å²) in [7, 11) is 0. The predicted molar refractivity (Wildman–Crippen MR) is 251 cm³/mol. The third kappa shape index (κ3) is 4.28. The fraction of sp³-hybridized carbons (Fsp3) is 0.103. The number of anilines is 3. The van der Waals surface area contributed by atoms with Crippen molar-refractivity contribution in [3.63, 3.8) is 0 Å². The minimum atomic E-state index is -0.151. The van der Waals surface area contributed by atoms with Gasteiger partial charge in [0.1, 0.15) is 5.58 Å². The normalized spacial score (nSPS) is 14.6. The van der Waals surface area contributed by atoms with Gasteiger partial charge in [0.05, 0.1) is 11.4 Å². The molecule has 0 radical (unpaired) electrons. The molecule has 0 saturated carbocycles. The van der Waals surface area contributed by atoms with Crippen LogP contribution >= 0.6 is 0 Å². The summed E-state index contributed by atoms with van der Waals surface area (Å²) in [5, 5.41) is 4.79. The lowest BCUT2D eigenvalue weighted by Crippen LogP contribution is -2.17. The van der Waals surface area contributed by atoms with E-state index in [0.717, 1.165) is 44.6 Å². The summed E-state index contributed by atoms with van der Waals surface area (Å²) in [4.78, 5) is 2.48. The topological polar surface area (TPSA) is 16.4 Å². The summed E-state index contributed by atoms with van der Waals surface area (Å²) in [5.74, 6) is 0. The van der Waals surface area contributed by atoms with Crippen LogP contribution < -0.4 is 4.90 Å². The van der Waals surface area contributed by atoms with Gasteiger partial charge in [-0.25, -0.2) is 0 Å². The van der Waals surface area contributed by atoms with Gasteiger partial charge >= 0.3 is 0 Å². The van der Waals surface area contributed by atoms with E-state index >= 15 is 0 Å². The van der Waals surface area contributed by atoms with Crippen LogP contribution in [0.1, 0.15) is 49.9 Å². The Morgan fingerprint density at radius 1 is 0.350 bits per heavy atom. The van der Waals surface area contributed by atoms with Crippen LogP contribution in [-0.4, -0.2) is 0 Å². The number of hydrogen-bond donors (Lipinski definition) is 0. The Morgan fingerprint density at radius 3 is 1.63 bits per heavy atom. The molecule has 1 aromatic heterocycles. The van der Waals surface area contributed by atoms with E-state index in [1.54, 1.807) is 0 Å². The van der Waals surface area contributed by atoms with Crippen LogP contribution in [0.5, 0.6) is 0 Å². The first-order valence-electron chi connectivity index (χ1n) is 21.2. The molecule has 284 valence electrons. The first-order valence-corrected chi connectivity index (χ1v) is 21.2. The number of nitrogens with zero attached hydrogens (tertiary/aromatic N) is 1. The SMILES string of the molecule is CC1(C)c2ccccc2-c2ccc(N(c3cccc4c3-c3ccccc3C4(C)C)c3cccc4c3oc3c(-c5ccc6c7c(cccc57)-c5ccccc5-6)cccc34)cc21. The first kappa shape index (κ1) is 33.8. The van der Waals surface area contributed by atoms with Crippen molar-refractivity contribution in [2.45, 2.75) is 38.5 Å². The molecule has 10 aromatic rings. The van der Waals surface area contributed by atoms with Crippen molar-refractivity contribution in [1.82, 2.24) is 0 Å². The average molecular weight is 768 g/mol. The molecule has 9 aromatic carbocycles. The lowest BCUT2D eigenvalue weighted by atomic mass is 9.82. The average Bonchev–Trinajstić information content (AvgIpc) is 3.97. The molecule has 0 N–H and O–H groups in total. The largest absolute Gasteiger partial charge is 0.453 e. The van der Waals surface area contributed by atoms with Gasteiger partial charge in [0.2, 0.25) is 0 Å². The molecule has 0 spiro atoms. The lowest BCUT2D eigenvalue weighted by molar-refractivity contribution is 0.660. The molecule has 2 heteroatoms. The van der Waals surface area contributed by atoms with E-state index < -0.39 is 0 Å². The summed E-state index contributed by atoms with van der Waals surface area (Å²) in [5.41, 5.74) is 22.9. The third-order valence-electron chi connectivity index (χ3n) is 14.2. The van der Waals surface area contributed by atoms with Crippen molar-refractivity contribution in [2.24, 2.45) is 0 Å². The minimum absolute atomic E-state index is 0.142. The molecule has 3 aliphatic rings. The number of para-hydroxylation sites is 2. The molecule has 0 saturated heterocycles. The van der Waals surface area contributed by atoms with E-state index in [2.05, 4.69) is 209 Å². The maximum Gasteiger partial charge on any atom is 0.159 e. The van der Waals surface area contributed by atoms with E-state index in [0.29, 0.717) is 0 Å². The van der Waals surface area contributed by atoms with Crippen molar-refractivity contribution < 1.29 is 4.42 Å². The Labute approximate surface area is 350 Å². The molecule has 0 atom stereocenters. The van der Waals surface area contributed by atoms with E-state index in [-0.39, 0.29) is 10.8 Å². The van der Waals surface area contributed by atoms with E-state index in [4.69, 9.17) is 4.42 Å². The van der Waals surface area contributed by atoms with Gasteiger partial charge in [0, 0.05) is 38.4 Å². The Kier molecular flexibility index (Phi) is 6.61. The smallest absolute Gasteiger partial charge is 0.159 e. The molecule has 13 rings (SSSR count). The van der Waals surface area contributed by atoms with Gasteiger partial charge in [-0.3, -0.25) is 0 Å². The zero-order chi connectivity index (χ0) is 40.1. The van der Waals surface area contributed by atoms with E-state index in [1.165, 1.54) is 83.1 Å². The molecule has 0 fully saturated rings. The minimum Gasteiger partial charge on any atom is -0.453 e. The van der Waals surface area contributed by atoms with Gasteiger partial charge in [-0.15, -0.1) is 0 Å². The molecular formula is C58H41NO. The molecule has 1 heterocycles. The van der Waals surface area contributed by atoms with Gasteiger partial charge in [0.15, 0.2) is 5.58 Å². The molecule has 2 nitrogen and oxygen atoms in total. The van der Waals surface area contributed by atoms with Crippen LogP contribution in [0.2, 0.25) is 0 Å². The fourth-order valence-electron chi connectivity index (χ4n) is 11.4. The summed E-state index contributed by atoms with van der Waals surface area (Å²) in [6, 6.07) is 65.3. The van der Waals surface area contributed by atoms with Crippen molar-refractivity contribution in [1.29, 1.82) is 0 Å². The highest BCUT2D eigenvalue weighted by molar-refractivity contribution is 6.21. The molecule has 0 aliphatic heterocycles. The Bertz CT molecular complexity index is 3480. The standard InChI is InChI=1S/C58H41NO/c1-57(2)48-25-10-8-18-46(48)54-49(57)26-14-27-51(54)59(34-29-30-39-38-17-7-9-24-47(38)58(3,4)50(39)33-34)52-28-13-23-45-44-22-12-21-43(55(44)60-56(45)52)37-31-32-42-36-16-6-5-15-35(36)40-19-11-20-41(37)53(40)42/h5-33H,1-4H3. The van der Waals surface area contributed by atoms with Gasteiger partial charge in [-0.1, -0.05) is 179 Å².